The van der Waals surface area contributed by atoms with Gasteiger partial charge in [-0.2, -0.15) is 0 Å². The van der Waals surface area contributed by atoms with Crippen LogP contribution in [0.1, 0.15) is 6.92 Å². The molecule has 0 saturated carbocycles. The maximum Gasteiger partial charge on any atom is 0.321 e. The molecule has 0 saturated heterocycles. The molecule has 0 fully saturated rings. The van der Waals surface area contributed by atoms with Crippen molar-refractivity contribution in [3.63, 3.8) is 0 Å². The van der Waals surface area contributed by atoms with Gasteiger partial charge in [0, 0.05) is 17.1 Å². The van der Waals surface area contributed by atoms with Crippen LogP contribution in [0.25, 0.3) is 0 Å². The van der Waals surface area contributed by atoms with E-state index in [-0.39, 0.29) is 11.0 Å². The summed E-state index contributed by atoms with van der Waals surface area (Å²) in [5, 5.41) is 8.53. The predicted molar refractivity (Wildman–Crippen MR) is 60.9 cm³/mol. The summed E-state index contributed by atoms with van der Waals surface area (Å²) in [6.45, 7) is 4.62. The Morgan fingerprint density at radius 1 is 1.69 bits per heavy atom. The van der Waals surface area contributed by atoms with Gasteiger partial charge >= 0.3 is 5.97 Å². The molecule has 0 aromatic rings. The SMILES string of the molecule is C=C=C/C(N)=C(\C)P(=O)(O)C[C@H](N)C(=O)O. The fourth-order valence-electron chi connectivity index (χ4n) is 0.898. The molecule has 90 valence electrons. The van der Waals surface area contributed by atoms with E-state index in [0.29, 0.717) is 0 Å². The van der Waals surface area contributed by atoms with E-state index in [1.807, 2.05) is 0 Å². The molecule has 6 N–H and O–H groups in total. The largest absolute Gasteiger partial charge is 0.480 e. The van der Waals surface area contributed by atoms with Gasteiger partial charge in [-0.05, 0) is 6.92 Å². The van der Waals surface area contributed by atoms with Crippen LogP contribution in [-0.4, -0.2) is 28.2 Å². The van der Waals surface area contributed by atoms with Crippen molar-refractivity contribution in [1.29, 1.82) is 0 Å². The Bertz CT molecular complexity index is 410. The van der Waals surface area contributed by atoms with Gasteiger partial charge in [0.2, 0.25) is 7.37 Å². The van der Waals surface area contributed by atoms with Gasteiger partial charge < -0.3 is 21.5 Å². The van der Waals surface area contributed by atoms with Crippen LogP contribution in [0.2, 0.25) is 0 Å². The van der Waals surface area contributed by atoms with Crippen LogP contribution >= 0.6 is 7.37 Å². The summed E-state index contributed by atoms with van der Waals surface area (Å²) >= 11 is 0. The normalized spacial score (nSPS) is 17.7. The number of aliphatic carboxylic acids is 1. The van der Waals surface area contributed by atoms with E-state index in [1.165, 1.54) is 13.0 Å². The second-order valence-corrected chi connectivity index (χ2v) is 5.66. The highest BCUT2D eigenvalue weighted by Gasteiger charge is 2.28. The van der Waals surface area contributed by atoms with Crippen LogP contribution in [0, 0.1) is 0 Å². The fraction of sp³-hybridized carbons (Fsp3) is 0.333. The van der Waals surface area contributed by atoms with Gasteiger partial charge in [0.1, 0.15) is 6.04 Å². The van der Waals surface area contributed by atoms with E-state index < -0.39 is 25.5 Å². The molecule has 0 spiro atoms. The zero-order valence-corrected chi connectivity index (χ0v) is 9.78. The van der Waals surface area contributed by atoms with Crippen molar-refractivity contribution in [2.45, 2.75) is 13.0 Å². The van der Waals surface area contributed by atoms with Gasteiger partial charge in [-0.3, -0.25) is 9.36 Å². The number of hydrogen-bond donors (Lipinski definition) is 4. The summed E-state index contributed by atoms with van der Waals surface area (Å²) < 4.78 is 11.8. The molecule has 0 aromatic heterocycles. The molecule has 0 heterocycles. The topological polar surface area (TPSA) is 127 Å². The summed E-state index contributed by atoms with van der Waals surface area (Å²) in [4.78, 5) is 20.1. The first-order valence-corrected chi connectivity index (χ1v) is 6.19. The second-order valence-electron chi connectivity index (χ2n) is 3.22. The molecular formula is C9H15N2O4P. The first kappa shape index (κ1) is 14.7. The minimum Gasteiger partial charge on any atom is -0.480 e. The Morgan fingerprint density at radius 2 is 2.19 bits per heavy atom. The lowest BCUT2D eigenvalue weighted by atomic mass is 10.4. The average molecular weight is 246 g/mol. The van der Waals surface area contributed by atoms with Gasteiger partial charge in [-0.15, -0.1) is 5.73 Å². The molecule has 1 unspecified atom stereocenters. The number of rotatable bonds is 5. The highest BCUT2D eigenvalue weighted by Crippen LogP contribution is 2.50. The molecule has 0 aromatic carbocycles. The lowest BCUT2D eigenvalue weighted by Gasteiger charge is -2.15. The van der Waals surface area contributed by atoms with Crippen LogP contribution in [0.4, 0.5) is 0 Å². The Labute approximate surface area is 93.4 Å². The minimum absolute atomic E-state index is 0.000324. The van der Waals surface area contributed by atoms with E-state index in [4.69, 9.17) is 16.6 Å². The Morgan fingerprint density at radius 3 is 2.56 bits per heavy atom. The third kappa shape index (κ3) is 4.04. The van der Waals surface area contributed by atoms with Crippen molar-refractivity contribution in [1.82, 2.24) is 0 Å². The fourth-order valence-corrected chi connectivity index (χ4v) is 2.33. The first-order valence-electron chi connectivity index (χ1n) is 4.35. The summed E-state index contributed by atoms with van der Waals surface area (Å²) in [5.41, 5.74) is 13.0. The van der Waals surface area contributed by atoms with Crippen molar-refractivity contribution >= 4 is 13.3 Å². The molecule has 7 heteroatoms. The minimum atomic E-state index is -3.83. The zero-order chi connectivity index (χ0) is 12.9. The van der Waals surface area contributed by atoms with E-state index in [1.54, 1.807) is 0 Å². The zero-order valence-electron chi connectivity index (χ0n) is 8.88. The first-order chi connectivity index (χ1) is 7.22. The van der Waals surface area contributed by atoms with Crippen molar-refractivity contribution in [3.05, 3.63) is 29.4 Å². The van der Waals surface area contributed by atoms with Crippen LogP contribution in [0.3, 0.4) is 0 Å². The molecule has 0 bridgehead atoms. The van der Waals surface area contributed by atoms with Crippen LogP contribution < -0.4 is 11.5 Å². The highest BCUT2D eigenvalue weighted by molar-refractivity contribution is 7.62. The molecule has 0 aliphatic heterocycles. The van der Waals surface area contributed by atoms with E-state index in [0.717, 1.165) is 0 Å². The summed E-state index contributed by atoms with van der Waals surface area (Å²) in [6, 6.07) is -1.40. The van der Waals surface area contributed by atoms with E-state index >= 15 is 0 Å². The second kappa shape index (κ2) is 5.68. The summed E-state index contributed by atoms with van der Waals surface area (Å²) in [5.74, 6) is -1.33. The van der Waals surface area contributed by atoms with Gasteiger partial charge in [-0.1, -0.05) is 6.58 Å². The van der Waals surface area contributed by atoms with E-state index in [2.05, 4.69) is 12.3 Å². The number of carbonyl (C=O) groups is 1. The van der Waals surface area contributed by atoms with Gasteiger partial charge in [0.05, 0.1) is 6.16 Å². The molecule has 0 aliphatic carbocycles. The molecular weight excluding hydrogens is 231 g/mol. The van der Waals surface area contributed by atoms with Crippen molar-refractivity contribution in [2.75, 3.05) is 6.16 Å². The standard InChI is InChI=1S/C9H15N2O4P/c1-3-4-7(10)6(2)16(14,15)5-8(11)9(12)13/h4,8H,1,5,10-11H2,2H3,(H,12,13)(H,14,15)/b7-6-/t8-/m0/s1. The van der Waals surface area contributed by atoms with Gasteiger partial charge in [-0.25, -0.2) is 0 Å². The Hall–Kier alpha value is -1.32. The van der Waals surface area contributed by atoms with Crippen molar-refractivity contribution < 1.29 is 19.4 Å². The third-order valence-electron chi connectivity index (χ3n) is 1.96. The number of carboxylic acids is 1. The molecule has 0 aliphatic rings. The Balaban J connectivity index is 5.07. The van der Waals surface area contributed by atoms with Gasteiger partial charge in [0.15, 0.2) is 0 Å². The molecule has 0 rings (SSSR count). The molecule has 6 nitrogen and oxygen atoms in total. The lowest BCUT2D eigenvalue weighted by molar-refractivity contribution is -0.138. The molecule has 0 amide bonds. The third-order valence-corrected chi connectivity index (χ3v) is 4.16. The van der Waals surface area contributed by atoms with E-state index in [9.17, 15) is 14.3 Å². The summed E-state index contributed by atoms with van der Waals surface area (Å²) in [6.07, 6.45) is 0.685. The predicted octanol–water partition coefficient (Wildman–Crippen LogP) is 0.200. The number of allylic oxidation sites excluding steroid dienone is 2. The van der Waals surface area contributed by atoms with Crippen molar-refractivity contribution in [2.24, 2.45) is 11.5 Å². The van der Waals surface area contributed by atoms with Crippen LogP contribution in [0.15, 0.2) is 29.4 Å². The number of hydrogen-bond acceptors (Lipinski definition) is 4. The monoisotopic (exact) mass is 246 g/mol. The van der Waals surface area contributed by atoms with Gasteiger partial charge in [0.25, 0.3) is 0 Å². The molecule has 16 heavy (non-hydrogen) atoms. The number of nitrogens with two attached hydrogens (primary N) is 2. The maximum absolute atomic E-state index is 11.8. The molecule has 2 atom stereocenters. The smallest absolute Gasteiger partial charge is 0.321 e. The van der Waals surface area contributed by atoms with Crippen molar-refractivity contribution in [3.8, 4) is 0 Å². The highest BCUT2D eigenvalue weighted by atomic mass is 31.2. The maximum atomic E-state index is 11.8. The quantitative estimate of drug-likeness (QED) is 0.312. The average Bonchev–Trinajstić information content (AvgIpc) is 2.16. The number of carboxylic acid groups (broad SMARTS) is 1. The van der Waals surface area contributed by atoms with Crippen LogP contribution in [0.5, 0.6) is 0 Å². The summed E-state index contributed by atoms with van der Waals surface area (Å²) in [7, 11) is -3.83. The lowest BCUT2D eigenvalue weighted by Crippen LogP contribution is -2.33. The van der Waals surface area contributed by atoms with Crippen LogP contribution in [-0.2, 0) is 9.36 Å². The molecule has 0 radical (unpaired) electrons. The Kier molecular flexibility index (Phi) is 5.21.